The Balaban J connectivity index is 2.01. The zero-order valence-corrected chi connectivity index (χ0v) is 8.93. The van der Waals surface area contributed by atoms with Crippen LogP contribution in [0.2, 0.25) is 0 Å². The van der Waals surface area contributed by atoms with Crippen molar-refractivity contribution in [2.45, 2.75) is 0 Å². The van der Waals surface area contributed by atoms with Crippen LogP contribution in [0.1, 0.15) is 5.69 Å². The molecule has 1 aromatic carbocycles. The van der Waals surface area contributed by atoms with Crippen LogP contribution in [-0.2, 0) is 0 Å². The lowest BCUT2D eigenvalue weighted by Gasteiger charge is -2.18. The number of nitrogens with zero attached hydrogens (tertiary/aromatic N) is 2. The highest BCUT2D eigenvalue weighted by atomic mass is 16.6. The predicted octanol–water partition coefficient (Wildman–Crippen LogP) is 1.72. The largest absolute Gasteiger partial charge is 0.486 e. The van der Waals surface area contributed by atoms with Gasteiger partial charge in [-0.25, -0.2) is 0 Å². The summed E-state index contributed by atoms with van der Waals surface area (Å²) in [6, 6.07) is 9.32. The molecule has 0 saturated heterocycles. The van der Waals surface area contributed by atoms with E-state index in [2.05, 4.69) is 10.2 Å². The third kappa shape index (κ3) is 1.70. The van der Waals surface area contributed by atoms with E-state index in [1.54, 1.807) is 6.07 Å². The Bertz CT molecular complexity index is 598. The van der Waals surface area contributed by atoms with Crippen LogP contribution in [0, 0.1) is 11.3 Å². The van der Waals surface area contributed by atoms with Crippen molar-refractivity contribution in [3.05, 3.63) is 30.0 Å². The summed E-state index contributed by atoms with van der Waals surface area (Å²) in [6.07, 6.45) is 0. The van der Waals surface area contributed by atoms with Gasteiger partial charge in [-0.05, 0) is 18.2 Å². The lowest BCUT2D eigenvalue weighted by atomic mass is 10.1. The van der Waals surface area contributed by atoms with Crippen LogP contribution in [0.25, 0.3) is 11.3 Å². The van der Waals surface area contributed by atoms with Crippen LogP contribution >= 0.6 is 0 Å². The van der Waals surface area contributed by atoms with Gasteiger partial charge in [0, 0.05) is 11.6 Å². The second kappa shape index (κ2) is 3.83. The maximum Gasteiger partial charge on any atom is 0.162 e. The maximum atomic E-state index is 8.71. The van der Waals surface area contributed by atoms with Gasteiger partial charge in [-0.1, -0.05) is 0 Å². The SMILES string of the molecule is N#Cc1cc(-c2ccc3c(c2)OCCO3)[nH]n1. The van der Waals surface area contributed by atoms with Crippen molar-refractivity contribution in [2.24, 2.45) is 0 Å². The molecule has 0 amide bonds. The molecule has 1 aliphatic heterocycles. The minimum absolute atomic E-state index is 0.370. The maximum absolute atomic E-state index is 8.71. The summed E-state index contributed by atoms with van der Waals surface area (Å²) >= 11 is 0. The summed E-state index contributed by atoms with van der Waals surface area (Å²) in [5.74, 6) is 1.47. The molecule has 2 aromatic rings. The van der Waals surface area contributed by atoms with Crippen LogP contribution in [0.15, 0.2) is 24.3 Å². The molecule has 3 rings (SSSR count). The molecule has 1 aliphatic rings. The molecule has 0 saturated carbocycles. The number of hydrogen-bond acceptors (Lipinski definition) is 4. The minimum Gasteiger partial charge on any atom is -0.486 e. The van der Waals surface area contributed by atoms with Gasteiger partial charge in [-0.15, -0.1) is 0 Å². The molecule has 1 N–H and O–H groups in total. The van der Waals surface area contributed by atoms with Crippen molar-refractivity contribution in [2.75, 3.05) is 13.2 Å². The van der Waals surface area contributed by atoms with E-state index in [-0.39, 0.29) is 0 Å². The van der Waals surface area contributed by atoms with Gasteiger partial charge in [0.15, 0.2) is 17.2 Å². The fraction of sp³-hybridized carbons (Fsp3) is 0.167. The lowest BCUT2D eigenvalue weighted by Crippen LogP contribution is -2.15. The standard InChI is InChI=1S/C12H9N3O2/c13-7-9-6-10(15-14-9)8-1-2-11-12(5-8)17-4-3-16-11/h1-2,5-6H,3-4H2,(H,14,15). The number of nitriles is 1. The molecule has 0 radical (unpaired) electrons. The molecule has 2 heterocycles. The zero-order chi connectivity index (χ0) is 11.7. The van der Waals surface area contributed by atoms with Crippen LogP contribution < -0.4 is 9.47 Å². The Morgan fingerprint density at radius 3 is 2.76 bits per heavy atom. The number of aromatic amines is 1. The van der Waals surface area contributed by atoms with Gasteiger partial charge in [0.1, 0.15) is 19.3 Å². The van der Waals surface area contributed by atoms with E-state index in [0.717, 1.165) is 22.8 Å². The first-order valence-corrected chi connectivity index (χ1v) is 5.22. The second-order valence-electron chi connectivity index (χ2n) is 3.64. The number of aromatic nitrogens is 2. The molecule has 0 aliphatic carbocycles. The molecule has 5 nitrogen and oxygen atoms in total. The Morgan fingerprint density at radius 1 is 1.18 bits per heavy atom. The second-order valence-corrected chi connectivity index (χ2v) is 3.64. The number of rotatable bonds is 1. The van der Waals surface area contributed by atoms with Crippen molar-refractivity contribution in [3.63, 3.8) is 0 Å². The predicted molar refractivity (Wildman–Crippen MR) is 59.7 cm³/mol. The number of H-pyrrole nitrogens is 1. The molecule has 0 unspecified atom stereocenters. The average molecular weight is 227 g/mol. The first-order chi connectivity index (χ1) is 8.36. The van der Waals surface area contributed by atoms with Gasteiger partial charge >= 0.3 is 0 Å². The zero-order valence-electron chi connectivity index (χ0n) is 8.93. The molecular formula is C12H9N3O2. The summed E-state index contributed by atoms with van der Waals surface area (Å²) in [6.45, 7) is 1.14. The quantitative estimate of drug-likeness (QED) is 0.805. The van der Waals surface area contributed by atoms with Crippen LogP contribution in [-0.4, -0.2) is 23.4 Å². The van der Waals surface area contributed by atoms with Gasteiger partial charge < -0.3 is 9.47 Å². The summed E-state index contributed by atoms with van der Waals surface area (Å²) in [5.41, 5.74) is 2.08. The number of nitrogens with one attached hydrogen (secondary N) is 1. The molecule has 0 bridgehead atoms. The lowest BCUT2D eigenvalue weighted by molar-refractivity contribution is 0.171. The molecule has 0 atom stereocenters. The van der Waals surface area contributed by atoms with E-state index in [4.69, 9.17) is 14.7 Å². The molecule has 1 aromatic heterocycles. The average Bonchev–Trinajstić information content (AvgIpc) is 2.87. The molecule has 17 heavy (non-hydrogen) atoms. The van der Waals surface area contributed by atoms with Gasteiger partial charge in [-0.3, -0.25) is 5.10 Å². The molecule has 5 heteroatoms. The summed E-state index contributed by atoms with van der Waals surface area (Å²) in [4.78, 5) is 0. The Hall–Kier alpha value is -2.48. The van der Waals surface area contributed by atoms with Crippen molar-refractivity contribution in [3.8, 4) is 28.8 Å². The van der Waals surface area contributed by atoms with Crippen LogP contribution in [0.3, 0.4) is 0 Å². The molecule has 84 valence electrons. The summed E-state index contributed by atoms with van der Waals surface area (Å²) < 4.78 is 10.9. The van der Waals surface area contributed by atoms with E-state index >= 15 is 0 Å². The van der Waals surface area contributed by atoms with Gasteiger partial charge in [-0.2, -0.15) is 10.4 Å². The van der Waals surface area contributed by atoms with Gasteiger partial charge in [0.05, 0.1) is 5.69 Å². The van der Waals surface area contributed by atoms with Crippen LogP contribution in [0.5, 0.6) is 11.5 Å². The highest BCUT2D eigenvalue weighted by molar-refractivity contribution is 5.64. The normalized spacial score (nSPS) is 13.1. The van der Waals surface area contributed by atoms with Crippen molar-refractivity contribution in [1.29, 1.82) is 5.26 Å². The number of ether oxygens (including phenoxy) is 2. The number of hydrogen-bond donors (Lipinski definition) is 1. The van der Waals surface area contributed by atoms with E-state index in [9.17, 15) is 0 Å². The highest BCUT2D eigenvalue weighted by Crippen LogP contribution is 2.33. The van der Waals surface area contributed by atoms with E-state index < -0.39 is 0 Å². The Labute approximate surface area is 97.6 Å². The third-order valence-electron chi connectivity index (χ3n) is 2.55. The minimum atomic E-state index is 0.370. The highest BCUT2D eigenvalue weighted by Gasteiger charge is 2.13. The van der Waals surface area contributed by atoms with E-state index in [1.807, 2.05) is 24.3 Å². The fourth-order valence-electron chi connectivity index (χ4n) is 1.74. The third-order valence-corrected chi connectivity index (χ3v) is 2.55. The Morgan fingerprint density at radius 2 is 2.00 bits per heavy atom. The fourth-order valence-corrected chi connectivity index (χ4v) is 1.74. The first kappa shape index (κ1) is 9.73. The summed E-state index contributed by atoms with van der Waals surface area (Å²) in [5, 5.41) is 15.4. The molecular weight excluding hydrogens is 218 g/mol. The van der Waals surface area contributed by atoms with E-state index in [0.29, 0.717) is 18.9 Å². The molecule has 0 fully saturated rings. The topological polar surface area (TPSA) is 70.9 Å². The van der Waals surface area contributed by atoms with Gasteiger partial charge in [0.2, 0.25) is 0 Å². The monoisotopic (exact) mass is 227 g/mol. The van der Waals surface area contributed by atoms with Gasteiger partial charge in [0.25, 0.3) is 0 Å². The van der Waals surface area contributed by atoms with Crippen molar-refractivity contribution < 1.29 is 9.47 Å². The van der Waals surface area contributed by atoms with Crippen molar-refractivity contribution in [1.82, 2.24) is 10.2 Å². The summed E-state index contributed by atoms with van der Waals surface area (Å²) in [7, 11) is 0. The Kier molecular flexibility index (Phi) is 2.19. The first-order valence-electron chi connectivity index (χ1n) is 5.22. The van der Waals surface area contributed by atoms with E-state index in [1.165, 1.54) is 0 Å². The number of benzene rings is 1. The van der Waals surface area contributed by atoms with Crippen LogP contribution in [0.4, 0.5) is 0 Å². The van der Waals surface area contributed by atoms with Crippen molar-refractivity contribution >= 4 is 0 Å². The molecule has 0 spiro atoms. The number of fused-ring (bicyclic) bond motifs is 1. The smallest absolute Gasteiger partial charge is 0.162 e.